The molecule has 3 heteroatoms. The third-order valence-corrected chi connectivity index (χ3v) is 4.06. The van der Waals surface area contributed by atoms with Gasteiger partial charge in [-0.25, -0.2) is 0 Å². The average molecular weight is 310 g/mol. The molecule has 0 atom stereocenters. The molecule has 0 aliphatic heterocycles. The van der Waals surface area contributed by atoms with Crippen molar-refractivity contribution >= 4 is 11.6 Å². The lowest BCUT2D eigenvalue weighted by Crippen LogP contribution is -2.30. The van der Waals surface area contributed by atoms with Crippen molar-refractivity contribution in [2.45, 2.75) is 34.2 Å². The monoisotopic (exact) mass is 310 g/mol. The van der Waals surface area contributed by atoms with Gasteiger partial charge in [0.15, 0.2) is 0 Å². The van der Waals surface area contributed by atoms with Crippen LogP contribution in [0.25, 0.3) is 0 Å². The highest BCUT2D eigenvalue weighted by Crippen LogP contribution is 2.21. The van der Waals surface area contributed by atoms with E-state index in [2.05, 4.69) is 43.4 Å². The van der Waals surface area contributed by atoms with Gasteiger partial charge in [0.25, 0.3) is 0 Å². The molecule has 0 aliphatic carbocycles. The van der Waals surface area contributed by atoms with E-state index in [0.29, 0.717) is 6.54 Å². The lowest BCUT2D eigenvalue weighted by molar-refractivity contribution is -0.117. The van der Waals surface area contributed by atoms with Crippen molar-refractivity contribution in [1.29, 1.82) is 0 Å². The number of carbonyl (C=O) groups is 1. The van der Waals surface area contributed by atoms with E-state index in [9.17, 15) is 4.79 Å². The van der Waals surface area contributed by atoms with Crippen molar-refractivity contribution in [2.24, 2.45) is 0 Å². The summed E-state index contributed by atoms with van der Waals surface area (Å²) in [5.41, 5.74) is 6.88. The fraction of sp³-hybridized carbons (Fsp3) is 0.350. The number of aryl methyl sites for hydroxylation is 4. The van der Waals surface area contributed by atoms with Crippen LogP contribution in [-0.2, 0) is 11.3 Å². The number of amides is 1. The first-order valence-electron chi connectivity index (χ1n) is 7.97. The van der Waals surface area contributed by atoms with Gasteiger partial charge in [-0.1, -0.05) is 42.0 Å². The second-order valence-electron chi connectivity index (χ2n) is 6.42. The van der Waals surface area contributed by atoms with E-state index in [1.807, 2.05) is 37.9 Å². The van der Waals surface area contributed by atoms with Gasteiger partial charge < -0.3 is 5.32 Å². The molecule has 0 bridgehead atoms. The Morgan fingerprint density at radius 2 is 1.61 bits per heavy atom. The predicted octanol–water partition coefficient (Wildman–Crippen LogP) is 3.99. The predicted molar refractivity (Wildman–Crippen MR) is 96.8 cm³/mol. The average Bonchev–Trinajstić information content (AvgIpc) is 2.45. The van der Waals surface area contributed by atoms with Crippen LogP contribution in [0.1, 0.15) is 27.8 Å². The van der Waals surface area contributed by atoms with Crippen molar-refractivity contribution in [3.8, 4) is 0 Å². The summed E-state index contributed by atoms with van der Waals surface area (Å²) in [6.07, 6.45) is 0. The number of carbonyl (C=O) groups excluding carboxylic acids is 1. The van der Waals surface area contributed by atoms with Crippen LogP contribution in [0.5, 0.6) is 0 Å². The highest BCUT2D eigenvalue weighted by atomic mass is 16.2. The molecule has 122 valence electrons. The van der Waals surface area contributed by atoms with Crippen molar-refractivity contribution in [3.63, 3.8) is 0 Å². The maximum absolute atomic E-state index is 12.3. The number of anilines is 1. The van der Waals surface area contributed by atoms with Crippen LogP contribution >= 0.6 is 0 Å². The van der Waals surface area contributed by atoms with Crippen LogP contribution in [0.15, 0.2) is 36.4 Å². The molecule has 1 N–H and O–H groups in total. The Morgan fingerprint density at radius 3 is 2.22 bits per heavy atom. The summed E-state index contributed by atoms with van der Waals surface area (Å²) in [5.74, 6) is 0.0242. The first kappa shape index (κ1) is 17.2. The molecule has 0 aliphatic rings. The molecule has 0 unspecified atom stereocenters. The van der Waals surface area contributed by atoms with Gasteiger partial charge in [0.2, 0.25) is 5.91 Å². The number of rotatable bonds is 5. The van der Waals surface area contributed by atoms with E-state index >= 15 is 0 Å². The summed E-state index contributed by atoms with van der Waals surface area (Å²) in [4.78, 5) is 14.4. The van der Waals surface area contributed by atoms with Crippen LogP contribution in [0, 0.1) is 27.7 Å². The van der Waals surface area contributed by atoms with Crippen molar-refractivity contribution < 1.29 is 4.79 Å². The standard InChI is InChI=1S/C20H26N2O/c1-14-10-16(3)20(17(4)11-14)21-19(23)13-22(5)12-18-9-7-6-8-15(18)2/h6-11H,12-13H2,1-5H3,(H,21,23). The fourth-order valence-corrected chi connectivity index (χ4v) is 2.94. The minimum absolute atomic E-state index is 0.0242. The lowest BCUT2D eigenvalue weighted by atomic mass is 10.1. The van der Waals surface area contributed by atoms with Crippen LogP contribution in [0.3, 0.4) is 0 Å². The van der Waals surface area contributed by atoms with E-state index in [0.717, 1.165) is 23.4 Å². The zero-order chi connectivity index (χ0) is 17.0. The van der Waals surface area contributed by atoms with Crippen LogP contribution < -0.4 is 5.32 Å². The van der Waals surface area contributed by atoms with Crippen molar-refractivity contribution in [1.82, 2.24) is 4.90 Å². The Morgan fingerprint density at radius 1 is 1.00 bits per heavy atom. The molecule has 2 aromatic carbocycles. The maximum Gasteiger partial charge on any atom is 0.238 e. The van der Waals surface area contributed by atoms with Gasteiger partial charge in [0.05, 0.1) is 6.54 Å². The first-order chi connectivity index (χ1) is 10.9. The Hall–Kier alpha value is -2.13. The molecule has 0 saturated heterocycles. The third kappa shape index (κ3) is 4.67. The van der Waals surface area contributed by atoms with Crippen molar-refractivity contribution in [2.75, 3.05) is 18.9 Å². The molecule has 0 radical (unpaired) electrons. The molecule has 23 heavy (non-hydrogen) atoms. The van der Waals surface area contributed by atoms with E-state index in [1.165, 1.54) is 16.7 Å². The van der Waals surface area contributed by atoms with Gasteiger partial charge in [-0.15, -0.1) is 0 Å². The Balaban J connectivity index is 1.98. The summed E-state index contributed by atoms with van der Waals surface area (Å²) >= 11 is 0. The van der Waals surface area contributed by atoms with E-state index in [1.54, 1.807) is 0 Å². The minimum Gasteiger partial charge on any atom is -0.324 e. The summed E-state index contributed by atoms with van der Waals surface area (Å²) < 4.78 is 0. The minimum atomic E-state index is 0.0242. The van der Waals surface area contributed by atoms with Crippen LogP contribution in [-0.4, -0.2) is 24.4 Å². The molecule has 3 nitrogen and oxygen atoms in total. The Bertz CT molecular complexity index is 684. The summed E-state index contributed by atoms with van der Waals surface area (Å²) in [7, 11) is 1.97. The van der Waals surface area contributed by atoms with E-state index in [4.69, 9.17) is 0 Å². The summed E-state index contributed by atoms with van der Waals surface area (Å²) in [6, 6.07) is 12.5. The number of likely N-dealkylation sites (N-methyl/N-ethyl adjacent to an activating group) is 1. The zero-order valence-corrected chi connectivity index (χ0v) is 14.7. The molecule has 0 aromatic heterocycles. The number of nitrogens with one attached hydrogen (secondary N) is 1. The first-order valence-corrected chi connectivity index (χ1v) is 7.97. The number of hydrogen-bond donors (Lipinski definition) is 1. The molecule has 0 heterocycles. The Labute approximate surface area is 139 Å². The second kappa shape index (κ2) is 7.42. The number of hydrogen-bond acceptors (Lipinski definition) is 2. The van der Waals surface area contributed by atoms with Gasteiger partial charge in [-0.05, 0) is 57.0 Å². The highest BCUT2D eigenvalue weighted by molar-refractivity contribution is 5.93. The van der Waals surface area contributed by atoms with Gasteiger partial charge in [-0.3, -0.25) is 9.69 Å². The maximum atomic E-state index is 12.3. The molecule has 0 fully saturated rings. The second-order valence-corrected chi connectivity index (χ2v) is 6.42. The van der Waals surface area contributed by atoms with Gasteiger partial charge >= 0.3 is 0 Å². The highest BCUT2D eigenvalue weighted by Gasteiger charge is 2.11. The summed E-state index contributed by atoms with van der Waals surface area (Å²) in [6.45, 7) is 9.39. The fourth-order valence-electron chi connectivity index (χ4n) is 2.94. The molecule has 0 saturated carbocycles. The van der Waals surface area contributed by atoms with Crippen LogP contribution in [0.2, 0.25) is 0 Å². The van der Waals surface area contributed by atoms with Crippen LogP contribution in [0.4, 0.5) is 5.69 Å². The quantitative estimate of drug-likeness (QED) is 0.905. The molecular formula is C20H26N2O. The lowest BCUT2D eigenvalue weighted by Gasteiger charge is -2.19. The summed E-state index contributed by atoms with van der Waals surface area (Å²) in [5, 5.41) is 3.06. The SMILES string of the molecule is Cc1cc(C)c(NC(=O)CN(C)Cc2ccccc2C)c(C)c1. The number of benzene rings is 2. The smallest absolute Gasteiger partial charge is 0.238 e. The van der Waals surface area contributed by atoms with E-state index < -0.39 is 0 Å². The third-order valence-electron chi connectivity index (χ3n) is 4.06. The Kier molecular flexibility index (Phi) is 5.56. The van der Waals surface area contributed by atoms with E-state index in [-0.39, 0.29) is 5.91 Å². The molecule has 1 amide bonds. The van der Waals surface area contributed by atoms with Gasteiger partial charge in [0.1, 0.15) is 0 Å². The van der Waals surface area contributed by atoms with Gasteiger partial charge in [0, 0.05) is 12.2 Å². The normalized spacial score (nSPS) is 10.9. The largest absolute Gasteiger partial charge is 0.324 e. The molecule has 2 aromatic rings. The van der Waals surface area contributed by atoms with Gasteiger partial charge in [-0.2, -0.15) is 0 Å². The molecule has 2 rings (SSSR count). The van der Waals surface area contributed by atoms with Crippen molar-refractivity contribution in [3.05, 3.63) is 64.2 Å². The number of nitrogens with zero attached hydrogens (tertiary/aromatic N) is 1. The molecular weight excluding hydrogens is 284 g/mol. The topological polar surface area (TPSA) is 32.3 Å². The molecule has 0 spiro atoms. The zero-order valence-electron chi connectivity index (χ0n) is 14.7.